The number of nitrogens with two attached hydrogens (primary N) is 1. The predicted molar refractivity (Wildman–Crippen MR) is 122 cm³/mol. The second-order valence-corrected chi connectivity index (χ2v) is 8.12. The highest BCUT2D eigenvalue weighted by molar-refractivity contribution is 7.16. The van der Waals surface area contributed by atoms with Gasteiger partial charge in [-0.3, -0.25) is 9.36 Å². The van der Waals surface area contributed by atoms with Crippen LogP contribution in [0.4, 0.5) is 10.7 Å². The third kappa shape index (κ3) is 3.79. The minimum atomic E-state index is -0.988. The highest BCUT2D eigenvalue weighted by Crippen LogP contribution is 2.28. The molecule has 0 saturated heterocycles. The van der Waals surface area contributed by atoms with E-state index in [9.17, 15) is 14.7 Å². The molecule has 0 fully saturated rings. The number of anilines is 2. The molecule has 4 rings (SSSR count). The molecular weight excluding hydrogens is 398 g/mol. The predicted octanol–water partition coefficient (Wildman–Crippen LogP) is 4.43. The summed E-state index contributed by atoms with van der Waals surface area (Å²) in [6, 6.07) is 17.4. The summed E-state index contributed by atoms with van der Waals surface area (Å²) in [7, 11) is 0. The third-order valence-corrected chi connectivity index (χ3v) is 5.99. The number of aryl methyl sites for hydroxylation is 1. The van der Waals surface area contributed by atoms with E-state index in [1.165, 1.54) is 16.9 Å². The second kappa shape index (κ2) is 8.04. The fraction of sp³-hybridized carbons (Fsp3) is 0.130. The van der Waals surface area contributed by atoms with Gasteiger partial charge in [-0.25, -0.2) is 4.79 Å². The first-order chi connectivity index (χ1) is 14.5. The molecule has 152 valence electrons. The molecule has 0 spiro atoms. The molecule has 2 aromatic heterocycles. The summed E-state index contributed by atoms with van der Waals surface area (Å²) < 4.78 is 1.59. The molecule has 0 aliphatic heterocycles. The van der Waals surface area contributed by atoms with Gasteiger partial charge in [0, 0.05) is 27.8 Å². The SMILES string of the molecule is CCc1ccc2c(=O)n(-c3ccc(NC(C(=O)O)c4ccc(N)s4)cc3)ccc2c1. The van der Waals surface area contributed by atoms with Gasteiger partial charge in [0.15, 0.2) is 6.04 Å². The fourth-order valence-corrected chi connectivity index (χ4v) is 4.21. The van der Waals surface area contributed by atoms with Crippen LogP contribution in [0.3, 0.4) is 0 Å². The summed E-state index contributed by atoms with van der Waals surface area (Å²) in [5.74, 6) is -0.988. The van der Waals surface area contributed by atoms with Crippen LogP contribution >= 0.6 is 11.3 Å². The zero-order chi connectivity index (χ0) is 21.3. The van der Waals surface area contributed by atoms with Gasteiger partial charge in [-0.15, -0.1) is 11.3 Å². The summed E-state index contributed by atoms with van der Waals surface area (Å²) in [5.41, 5.74) is 8.18. The first-order valence-corrected chi connectivity index (χ1v) is 10.4. The first-order valence-electron chi connectivity index (χ1n) is 9.55. The Balaban J connectivity index is 1.62. The van der Waals surface area contributed by atoms with E-state index in [2.05, 4.69) is 12.2 Å². The largest absolute Gasteiger partial charge is 0.479 e. The average Bonchev–Trinajstić information content (AvgIpc) is 3.18. The van der Waals surface area contributed by atoms with Crippen LogP contribution in [0.1, 0.15) is 23.4 Å². The van der Waals surface area contributed by atoms with Crippen LogP contribution in [0.2, 0.25) is 0 Å². The van der Waals surface area contributed by atoms with Gasteiger partial charge in [0.2, 0.25) is 0 Å². The number of rotatable bonds is 6. The van der Waals surface area contributed by atoms with Crippen LogP contribution in [0.5, 0.6) is 0 Å². The molecule has 4 N–H and O–H groups in total. The van der Waals surface area contributed by atoms with Crippen LogP contribution in [-0.2, 0) is 11.2 Å². The van der Waals surface area contributed by atoms with Crippen molar-refractivity contribution in [2.45, 2.75) is 19.4 Å². The van der Waals surface area contributed by atoms with Gasteiger partial charge in [0.05, 0.1) is 5.00 Å². The van der Waals surface area contributed by atoms with E-state index in [1.54, 1.807) is 47.2 Å². The molecule has 0 radical (unpaired) electrons. The lowest BCUT2D eigenvalue weighted by Crippen LogP contribution is -2.20. The fourth-order valence-electron chi connectivity index (χ4n) is 3.38. The number of hydrogen-bond donors (Lipinski definition) is 3. The lowest BCUT2D eigenvalue weighted by atomic mass is 10.1. The molecule has 6 nitrogen and oxygen atoms in total. The van der Waals surface area contributed by atoms with Crippen LogP contribution in [0, 0.1) is 0 Å². The van der Waals surface area contributed by atoms with Crippen molar-refractivity contribution in [3.05, 3.63) is 87.7 Å². The standard InChI is InChI=1S/C23H21N3O3S/c1-2-14-3-8-18-15(13-14)11-12-26(22(18)27)17-6-4-16(5-7-17)25-21(23(28)29)19-9-10-20(24)30-19/h3-13,21,25H,2,24H2,1H3,(H,28,29). The Hall–Kier alpha value is -3.58. The molecule has 0 saturated carbocycles. The van der Waals surface area contributed by atoms with Gasteiger partial charge >= 0.3 is 5.97 Å². The molecule has 30 heavy (non-hydrogen) atoms. The average molecular weight is 420 g/mol. The normalized spacial score (nSPS) is 12.0. The number of hydrogen-bond acceptors (Lipinski definition) is 5. The molecule has 7 heteroatoms. The number of thiophene rings is 1. The minimum absolute atomic E-state index is 0.0895. The number of aromatic nitrogens is 1. The Morgan fingerprint density at radius 3 is 2.53 bits per heavy atom. The molecule has 0 aliphatic rings. The molecule has 4 aromatic rings. The maximum Gasteiger partial charge on any atom is 0.331 e. The monoisotopic (exact) mass is 419 g/mol. The topological polar surface area (TPSA) is 97.3 Å². The van der Waals surface area contributed by atoms with Crippen LogP contribution in [-0.4, -0.2) is 15.6 Å². The Morgan fingerprint density at radius 1 is 1.13 bits per heavy atom. The molecule has 2 aromatic carbocycles. The van der Waals surface area contributed by atoms with E-state index >= 15 is 0 Å². The number of aliphatic carboxylic acids is 1. The van der Waals surface area contributed by atoms with E-state index in [0.29, 0.717) is 26.6 Å². The number of carboxylic acids is 1. The minimum Gasteiger partial charge on any atom is -0.479 e. The van der Waals surface area contributed by atoms with Crippen molar-refractivity contribution in [1.82, 2.24) is 4.57 Å². The van der Waals surface area contributed by atoms with Crippen LogP contribution in [0.25, 0.3) is 16.5 Å². The highest BCUT2D eigenvalue weighted by atomic mass is 32.1. The summed E-state index contributed by atoms with van der Waals surface area (Å²) in [4.78, 5) is 25.2. The Morgan fingerprint density at radius 2 is 1.90 bits per heavy atom. The molecule has 1 unspecified atom stereocenters. The Kier molecular flexibility index (Phi) is 5.29. The molecule has 1 atom stereocenters. The number of nitrogen functional groups attached to an aromatic ring is 1. The number of nitrogens with zero attached hydrogens (tertiary/aromatic N) is 1. The molecular formula is C23H21N3O3S. The highest BCUT2D eigenvalue weighted by Gasteiger charge is 2.21. The van der Waals surface area contributed by atoms with Crippen molar-refractivity contribution in [2.24, 2.45) is 0 Å². The zero-order valence-corrected chi connectivity index (χ0v) is 17.1. The smallest absolute Gasteiger partial charge is 0.331 e. The summed E-state index contributed by atoms with van der Waals surface area (Å²) in [6.45, 7) is 2.08. The number of benzene rings is 2. The zero-order valence-electron chi connectivity index (χ0n) is 16.3. The van der Waals surface area contributed by atoms with Crippen LogP contribution in [0.15, 0.2) is 71.7 Å². The Bertz CT molecular complexity index is 1280. The van der Waals surface area contributed by atoms with Crippen LogP contribution < -0.4 is 16.6 Å². The number of fused-ring (bicyclic) bond motifs is 1. The first kappa shape index (κ1) is 19.7. The maximum absolute atomic E-state index is 12.9. The summed E-state index contributed by atoms with van der Waals surface area (Å²) in [6.07, 6.45) is 2.68. The van der Waals surface area contributed by atoms with Gasteiger partial charge in [0.25, 0.3) is 5.56 Å². The Labute approximate surface area is 177 Å². The van der Waals surface area contributed by atoms with Crippen molar-refractivity contribution < 1.29 is 9.90 Å². The number of carbonyl (C=O) groups is 1. The maximum atomic E-state index is 12.9. The van der Waals surface area contributed by atoms with Crippen molar-refractivity contribution in [2.75, 3.05) is 11.1 Å². The van der Waals surface area contributed by atoms with E-state index in [0.717, 1.165) is 11.8 Å². The molecule has 0 amide bonds. The van der Waals surface area contributed by atoms with E-state index in [-0.39, 0.29) is 5.56 Å². The van der Waals surface area contributed by atoms with E-state index in [4.69, 9.17) is 5.73 Å². The van der Waals surface area contributed by atoms with E-state index < -0.39 is 12.0 Å². The molecule has 0 aliphatic carbocycles. The number of carboxylic acid groups (broad SMARTS) is 1. The third-order valence-electron chi connectivity index (χ3n) is 5.01. The summed E-state index contributed by atoms with van der Waals surface area (Å²) in [5, 5.41) is 14.7. The van der Waals surface area contributed by atoms with Crippen molar-refractivity contribution >= 4 is 38.8 Å². The van der Waals surface area contributed by atoms with E-state index in [1.807, 2.05) is 24.3 Å². The van der Waals surface area contributed by atoms with Gasteiger partial charge in [0.1, 0.15) is 0 Å². The van der Waals surface area contributed by atoms with Crippen molar-refractivity contribution in [1.29, 1.82) is 0 Å². The lowest BCUT2D eigenvalue weighted by Gasteiger charge is -2.15. The molecule has 0 bridgehead atoms. The summed E-state index contributed by atoms with van der Waals surface area (Å²) >= 11 is 1.24. The van der Waals surface area contributed by atoms with Crippen molar-refractivity contribution in [3.8, 4) is 5.69 Å². The lowest BCUT2D eigenvalue weighted by molar-refractivity contribution is -0.138. The van der Waals surface area contributed by atoms with Gasteiger partial charge in [-0.2, -0.15) is 0 Å². The number of nitrogens with one attached hydrogen (secondary N) is 1. The van der Waals surface area contributed by atoms with Crippen molar-refractivity contribution in [3.63, 3.8) is 0 Å². The molecule has 2 heterocycles. The van der Waals surface area contributed by atoms with Gasteiger partial charge in [-0.05, 0) is 65.9 Å². The quantitative estimate of drug-likeness (QED) is 0.429. The number of pyridine rings is 1. The van der Waals surface area contributed by atoms with Gasteiger partial charge in [-0.1, -0.05) is 19.1 Å². The van der Waals surface area contributed by atoms with Gasteiger partial charge < -0.3 is 16.2 Å². The second-order valence-electron chi connectivity index (χ2n) is 6.97.